The predicted molar refractivity (Wildman–Crippen MR) is 284 cm³/mol. The summed E-state index contributed by atoms with van der Waals surface area (Å²) in [5.74, 6) is 0.647. The summed E-state index contributed by atoms with van der Waals surface area (Å²) in [5, 5.41) is 4.86. The van der Waals surface area contributed by atoms with Gasteiger partial charge in [0.25, 0.3) is 0 Å². The largest absolute Gasteiger partial charge is 0.310 e. The molecule has 0 N–H and O–H groups in total. The van der Waals surface area contributed by atoms with E-state index in [1.165, 1.54) is 81.4 Å². The van der Waals surface area contributed by atoms with E-state index in [2.05, 4.69) is 257 Å². The van der Waals surface area contributed by atoms with Crippen LogP contribution in [0.1, 0.15) is 43.6 Å². The summed E-state index contributed by atoms with van der Waals surface area (Å²) in [6.07, 6.45) is 6.57. The third-order valence-electron chi connectivity index (χ3n) is 13.9. The SMILES string of the molecule is c1ccc(-c2cc3ccccc3cc2N(c2cccc(N(c3ccccc3)c3ccc(C4CCCCC4)cc3)c2)c2ccc3c4c(-c5ccccc5)cccc4n(-c4ccccc4)c3c2)cc1. The molecule has 0 amide bonds. The van der Waals surface area contributed by atoms with Gasteiger partial charge in [-0.05, 0) is 137 Å². The highest BCUT2D eigenvalue weighted by Crippen LogP contribution is 2.47. The third kappa shape index (κ3) is 7.63. The Bertz CT molecular complexity index is 3480. The number of aromatic nitrogens is 1. The molecule has 0 radical (unpaired) electrons. The minimum Gasteiger partial charge on any atom is -0.310 e. The van der Waals surface area contributed by atoms with E-state index in [1.54, 1.807) is 0 Å². The second-order valence-electron chi connectivity index (χ2n) is 18.0. The van der Waals surface area contributed by atoms with Crippen molar-refractivity contribution in [1.29, 1.82) is 0 Å². The molecule has 3 heteroatoms. The van der Waals surface area contributed by atoms with Crippen molar-refractivity contribution in [2.45, 2.75) is 38.0 Å². The number of hydrogen-bond acceptors (Lipinski definition) is 2. The number of para-hydroxylation sites is 2. The fraction of sp³-hybridized carbons (Fsp3) is 0.0938. The van der Waals surface area contributed by atoms with Crippen LogP contribution in [-0.2, 0) is 0 Å². The fourth-order valence-corrected chi connectivity index (χ4v) is 10.7. The van der Waals surface area contributed by atoms with E-state index in [-0.39, 0.29) is 0 Å². The quantitative estimate of drug-likeness (QED) is 0.136. The minimum atomic E-state index is 0.647. The molecule has 322 valence electrons. The Morgan fingerprint density at radius 3 is 1.60 bits per heavy atom. The summed E-state index contributed by atoms with van der Waals surface area (Å²) in [4.78, 5) is 4.89. The molecule has 0 atom stereocenters. The molecule has 12 rings (SSSR count). The van der Waals surface area contributed by atoms with Crippen LogP contribution >= 0.6 is 0 Å². The van der Waals surface area contributed by atoms with Gasteiger partial charge in [-0.1, -0.05) is 177 Å². The highest BCUT2D eigenvalue weighted by atomic mass is 15.2. The average Bonchev–Trinajstić information content (AvgIpc) is 3.74. The van der Waals surface area contributed by atoms with Gasteiger partial charge in [-0.2, -0.15) is 0 Å². The van der Waals surface area contributed by atoms with Crippen LogP contribution in [0.3, 0.4) is 0 Å². The zero-order chi connectivity index (χ0) is 44.5. The zero-order valence-electron chi connectivity index (χ0n) is 37.5. The Kier molecular flexibility index (Phi) is 10.7. The van der Waals surface area contributed by atoms with Gasteiger partial charge in [0.15, 0.2) is 0 Å². The molecule has 3 nitrogen and oxygen atoms in total. The lowest BCUT2D eigenvalue weighted by atomic mass is 9.84. The van der Waals surface area contributed by atoms with E-state index in [0.717, 1.165) is 50.9 Å². The predicted octanol–water partition coefficient (Wildman–Crippen LogP) is 18.3. The molecule has 1 aliphatic carbocycles. The van der Waals surface area contributed by atoms with Crippen LogP contribution in [0.15, 0.2) is 243 Å². The van der Waals surface area contributed by atoms with Gasteiger partial charge in [-0.25, -0.2) is 0 Å². The van der Waals surface area contributed by atoms with Gasteiger partial charge in [0, 0.05) is 50.5 Å². The molecule has 67 heavy (non-hydrogen) atoms. The van der Waals surface area contributed by atoms with E-state index in [0.29, 0.717) is 5.92 Å². The van der Waals surface area contributed by atoms with Crippen LogP contribution < -0.4 is 9.80 Å². The maximum Gasteiger partial charge on any atom is 0.0562 e. The van der Waals surface area contributed by atoms with Crippen molar-refractivity contribution in [3.63, 3.8) is 0 Å². The summed E-state index contributed by atoms with van der Waals surface area (Å²) in [6.45, 7) is 0. The van der Waals surface area contributed by atoms with Crippen molar-refractivity contribution < 1.29 is 0 Å². The van der Waals surface area contributed by atoms with Crippen LogP contribution in [0.4, 0.5) is 34.1 Å². The number of nitrogens with zero attached hydrogens (tertiary/aromatic N) is 3. The van der Waals surface area contributed by atoms with Crippen molar-refractivity contribution >= 4 is 66.7 Å². The lowest BCUT2D eigenvalue weighted by Gasteiger charge is -2.31. The van der Waals surface area contributed by atoms with Crippen LogP contribution in [0, 0.1) is 0 Å². The molecule has 0 aliphatic heterocycles. The molecule has 0 spiro atoms. The Morgan fingerprint density at radius 2 is 0.896 bits per heavy atom. The zero-order valence-corrected chi connectivity index (χ0v) is 37.5. The Labute approximate surface area is 393 Å². The number of hydrogen-bond donors (Lipinski definition) is 0. The maximum absolute atomic E-state index is 2.48. The summed E-state index contributed by atoms with van der Waals surface area (Å²) >= 11 is 0. The van der Waals surface area contributed by atoms with Crippen molar-refractivity contribution in [2.75, 3.05) is 9.80 Å². The summed E-state index contributed by atoms with van der Waals surface area (Å²) in [7, 11) is 0. The van der Waals surface area contributed by atoms with Gasteiger partial charge in [0.1, 0.15) is 0 Å². The number of rotatable bonds is 10. The molecule has 1 aliphatic rings. The summed E-state index contributed by atoms with van der Waals surface area (Å²) in [6, 6.07) is 89.1. The lowest BCUT2D eigenvalue weighted by molar-refractivity contribution is 0.443. The van der Waals surface area contributed by atoms with Gasteiger partial charge >= 0.3 is 0 Å². The maximum atomic E-state index is 2.48. The highest BCUT2D eigenvalue weighted by molar-refractivity contribution is 6.16. The number of anilines is 6. The van der Waals surface area contributed by atoms with E-state index in [9.17, 15) is 0 Å². The summed E-state index contributed by atoms with van der Waals surface area (Å²) in [5.41, 5.74) is 16.3. The van der Waals surface area contributed by atoms with Gasteiger partial charge in [0.2, 0.25) is 0 Å². The standard InChI is InChI=1S/C64H51N3/c1-6-20-46(21-7-1)47-36-38-54(39-37-47)65(52-28-12-4-13-29-52)55-32-18-33-56(44-55)66(62-43-51-27-17-16-26-50(51)42-60(62)49-24-10-3-11-25-49)57-40-41-59-63(45-57)67(53-30-14-5-15-31-53)61-35-19-34-58(64(59)61)48-22-8-2-9-23-48/h2-5,8-19,22-46H,1,6-7,20-21H2. The molecule has 11 aromatic rings. The molecule has 10 aromatic carbocycles. The Hall–Kier alpha value is -8.14. The van der Waals surface area contributed by atoms with E-state index >= 15 is 0 Å². The van der Waals surface area contributed by atoms with E-state index in [4.69, 9.17) is 0 Å². The lowest BCUT2D eigenvalue weighted by Crippen LogP contribution is -2.14. The second-order valence-corrected chi connectivity index (χ2v) is 18.0. The number of benzene rings is 10. The summed E-state index contributed by atoms with van der Waals surface area (Å²) < 4.78 is 2.45. The topological polar surface area (TPSA) is 11.4 Å². The second kappa shape index (κ2) is 17.7. The van der Waals surface area contributed by atoms with Crippen molar-refractivity contribution in [3.05, 3.63) is 248 Å². The van der Waals surface area contributed by atoms with Gasteiger partial charge in [-0.15, -0.1) is 0 Å². The smallest absolute Gasteiger partial charge is 0.0562 e. The Balaban J connectivity index is 1.10. The van der Waals surface area contributed by atoms with E-state index < -0.39 is 0 Å². The van der Waals surface area contributed by atoms with Crippen LogP contribution in [0.5, 0.6) is 0 Å². The van der Waals surface area contributed by atoms with Gasteiger partial charge in [0.05, 0.1) is 16.7 Å². The van der Waals surface area contributed by atoms with Crippen LogP contribution in [0.25, 0.3) is 60.5 Å². The minimum absolute atomic E-state index is 0.647. The molecular formula is C64H51N3. The van der Waals surface area contributed by atoms with Gasteiger partial charge in [-0.3, -0.25) is 0 Å². The first-order valence-corrected chi connectivity index (χ1v) is 23.9. The van der Waals surface area contributed by atoms with Crippen molar-refractivity contribution in [3.8, 4) is 27.9 Å². The third-order valence-corrected chi connectivity index (χ3v) is 13.9. The molecular weight excluding hydrogens is 811 g/mol. The molecule has 1 fully saturated rings. The van der Waals surface area contributed by atoms with E-state index in [1.807, 2.05) is 0 Å². The average molecular weight is 862 g/mol. The van der Waals surface area contributed by atoms with Gasteiger partial charge < -0.3 is 14.4 Å². The van der Waals surface area contributed by atoms with Crippen molar-refractivity contribution in [2.24, 2.45) is 0 Å². The van der Waals surface area contributed by atoms with Crippen LogP contribution in [-0.4, -0.2) is 4.57 Å². The molecule has 1 heterocycles. The first-order chi connectivity index (χ1) is 33.2. The molecule has 0 bridgehead atoms. The Morgan fingerprint density at radius 1 is 0.358 bits per heavy atom. The fourth-order valence-electron chi connectivity index (χ4n) is 10.7. The highest BCUT2D eigenvalue weighted by Gasteiger charge is 2.24. The number of fused-ring (bicyclic) bond motifs is 4. The van der Waals surface area contributed by atoms with Crippen LogP contribution in [0.2, 0.25) is 0 Å². The first-order valence-electron chi connectivity index (χ1n) is 23.9. The van der Waals surface area contributed by atoms with Crippen molar-refractivity contribution in [1.82, 2.24) is 4.57 Å². The molecule has 0 saturated heterocycles. The first kappa shape index (κ1) is 40.4. The monoisotopic (exact) mass is 861 g/mol. The molecule has 0 unspecified atom stereocenters. The molecule has 1 saturated carbocycles. The molecule has 1 aromatic heterocycles. The normalized spacial score (nSPS) is 13.0.